The molecule has 2 N–H and O–H groups in total. The van der Waals surface area contributed by atoms with Crippen LogP contribution in [0.15, 0.2) is 30.3 Å². The molecule has 0 aliphatic rings. The lowest BCUT2D eigenvalue weighted by Gasteiger charge is -2.31. The summed E-state index contributed by atoms with van der Waals surface area (Å²) in [4.78, 5) is 13.6. The maximum Gasteiger partial charge on any atom is 0.411 e. The van der Waals surface area contributed by atoms with Crippen molar-refractivity contribution in [3.05, 3.63) is 35.9 Å². The summed E-state index contributed by atoms with van der Waals surface area (Å²) in [6.45, 7) is 4.97. The molecular weight excluding hydrogens is 258 g/mol. The second-order valence-corrected chi connectivity index (χ2v) is 5.61. The minimum atomic E-state index is -0.676. The Balaban J connectivity index is 2.88. The van der Waals surface area contributed by atoms with Crippen LogP contribution in [0.3, 0.4) is 0 Å². The van der Waals surface area contributed by atoms with E-state index in [1.54, 1.807) is 20.8 Å². The van der Waals surface area contributed by atoms with E-state index in [0.717, 1.165) is 5.56 Å². The molecule has 112 valence electrons. The zero-order chi connectivity index (χ0) is 15.2. The molecule has 0 saturated carbocycles. The van der Waals surface area contributed by atoms with Crippen molar-refractivity contribution in [2.75, 3.05) is 13.2 Å². The van der Waals surface area contributed by atoms with Gasteiger partial charge in [-0.05, 0) is 26.3 Å². The lowest BCUT2D eigenvalue weighted by Crippen LogP contribution is -2.46. The number of rotatable bonds is 5. The van der Waals surface area contributed by atoms with Gasteiger partial charge in [-0.3, -0.25) is 4.90 Å². The Hall–Kier alpha value is -1.59. The summed E-state index contributed by atoms with van der Waals surface area (Å²) < 4.78 is 5.32. The van der Waals surface area contributed by atoms with E-state index in [1.165, 1.54) is 4.90 Å². The van der Waals surface area contributed by atoms with Crippen molar-refractivity contribution < 1.29 is 19.7 Å². The number of ether oxygens (including phenoxy) is 1. The van der Waals surface area contributed by atoms with Crippen LogP contribution in [-0.4, -0.2) is 46.1 Å². The third-order valence-corrected chi connectivity index (χ3v) is 2.69. The summed E-state index contributed by atoms with van der Waals surface area (Å²) in [5, 5.41) is 18.6. The van der Waals surface area contributed by atoms with Gasteiger partial charge in [-0.1, -0.05) is 30.3 Å². The van der Waals surface area contributed by atoms with Crippen LogP contribution in [0.1, 0.15) is 26.3 Å². The summed E-state index contributed by atoms with van der Waals surface area (Å²) in [5.74, 6) is 0. The number of amides is 1. The maximum atomic E-state index is 12.2. The van der Waals surface area contributed by atoms with Gasteiger partial charge in [0.1, 0.15) is 5.60 Å². The lowest BCUT2D eigenvalue weighted by atomic mass is 10.2. The summed E-state index contributed by atoms with van der Waals surface area (Å²) in [6.07, 6.45) is -0.547. The van der Waals surface area contributed by atoms with E-state index in [2.05, 4.69) is 0 Å². The summed E-state index contributed by atoms with van der Waals surface area (Å²) in [7, 11) is 0. The molecule has 0 saturated heterocycles. The van der Waals surface area contributed by atoms with Crippen molar-refractivity contribution in [2.45, 2.75) is 39.0 Å². The number of aliphatic hydroxyl groups is 2. The fraction of sp³-hybridized carbons (Fsp3) is 0.533. The first-order valence-corrected chi connectivity index (χ1v) is 6.62. The summed E-state index contributed by atoms with van der Waals surface area (Å²) in [6, 6.07) is 8.71. The fourth-order valence-corrected chi connectivity index (χ4v) is 1.70. The van der Waals surface area contributed by atoms with Crippen molar-refractivity contribution in [3.8, 4) is 0 Å². The van der Waals surface area contributed by atoms with E-state index in [9.17, 15) is 15.0 Å². The topological polar surface area (TPSA) is 70.0 Å². The van der Waals surface area contributed by atoms with E-state index in [1.807, 2.05) is 30.3 Å². The van der Waals surface area contributed by atoms with E-state index in [-0.39, 0.29) is 19.8 Å². The molecule has 5 heteroatoms. The van der Waals surface area contributed by atoms with Gasteiger partial charge in [0.2, 0.25) is 0 Å². The van der Waals surface area contributed by atoms with Gasteiger partial charge >= 0.3 is 6.09 Å². The number of carbonyl (C=O) groups excluding carboxylic acids is 1. The molecule has 1 aromatic carbocycles. The first-order chi connectivity index (χ1) is 9.37. The monoisotopic (exact) mass is 281 g/mol. The third-order valence-electron chi connectivity index (χ3n) is 2.69. The van der Waals surface area contributed by atoms with Crippen LogP contribution in [0.5, 0.6) is 0 Å². The molecule has 1 aromatic rings. The molecule has 0 heterocycles. The highest BCUT2D eigenvalue weighted by Gasteiger charge is 2.27. The smallest absolute Gasteiger partial charge is 0.411 e. The Labute approximate surface area is 119 Å². The van der Waals surface area contributed by atoms with Gasteiger partial charge in [0.05, 0.1) is 19.3 Å². The molecule has 1 rings (SSSR count). The van der Waals surface area contributed by atoms with Crippen molar-refractivity contribution in [1.29, 1.82) is 0 Å². The van der Waals surface area contributed by atoms with Crippen LogP contribution in [-0.2, 0) is 11.3 Å². The van der Waals surface area contributed by atoms with E-state index in [0.29, 0.717) is 0 Å². The first kappa shape index (κ1) is 16.5. The molecule has 1 amide bonds. The van der Waals surface area contributed by atoms with Gasteiger partial charge in [-0.15, -0.1) is 0 Å². The Morgan fingerprint density at radius 2 is 1.75 bits per heavy atom. The van der Waals surface area contributed by atoms with Crippen LogP contribution >= 0.6 is 0 Å². The number of benzene rings is 1. The van der Waals surface area contributed by atoms with Gasteiger partial charge in [-0.2, -0.15) is 0 Å². The Morgan fingerprint density at radius 3 is 2.20 bits per heavy atom. The van der Waals surface area contributed by atoms with Crippen LogP contribution in [0.2, 0.25) is 0 Å². The molecule has 0 atom stereocenters. The van der Waals surface area contributed by atoms with Crippen LogP contribution in [0.4, 0.5) is 4.79 Å². The second kappa shape index (κ2) is 7.26. The Bertz CT molecular complexity index is 410. The molecular formula is C15H23NO4. The van der Waals surface area contributed by atoms with E-state index < -0.39 is 17.7 Å². The zero-order valence-electron chi connectivity index (χ0n) is 12.2. The van der Waals surface area contributed by atoms with Gasteiger partial charge in [0.25, 0.3) is 0 Å². The molecule has 0 fully saturated rings. The molecule has 5 nitrogen and oxygen atoms in total. The summed E-state index contributed by atoms with van der Waals surface area (Å²) >= 11 is 0. The second-order valence-electron chi connectivity index (χ2n) is 5.61. The van der Waals surface area contributed by atoms with Crippen molar-refractivity contribution in [1.82, 2.24) is 4.90 Å². The average molecular weight is 281 g/mol. The summed E-state index contributed by atoms with van der Waals surface area (Å²) in [5.41, 5.74) is 0.284. The zero-order valence-corrected chi connectivity index (χ0v) is 12.2. The number of carbonyl (C=O) groups is 1. The molecule has 0 aromatic heterocycles. The molecule has 20 heavy (non-hydrogen) atoms. The molecule has 0 bridgehead atoms. The SMILES string of the molecule is CC(C)(C)OC(=O)N(Cc1ccccc1)C(CO)CO. The first-order valence-electron chi connectivity index (χ1n) is 6.62. The molecule has 0 aliphatic heterocycles. The molecule has 0 aliphatic carbocycles. The predicted molar refractivity (Wildman–Crippen MR) is 76.2 cm³/mol. The minimum absolute atomic E-state index is 0.279. The quantitative estimate of drug-likeness (QED) is 0.863. The third kappa shape index (κ3) is 5.19. The number of hydrogen-bond acceptors (Lipinski definition) is 4. The highest BCUT2D eigenvalue weighted by atomic mass is 16.6. The fourth-order valence-electron chi connectivity index (χ4n) is 1.70. The Kier molecular flexibility index (Phi) is 5.98. The Morgan fingerprint density at radius 1 is 1.20 bits per heavy atom. The van der Waals surface area contributed by atoms with Gasteiger partial charge in [0.15, 0.2) is 0 Å². The standard InChI is InChI=1S/C15H23NO4/c1-15(2,3)20-14(19)16(13(10-17)11-18)9-12-7-5-4-6-8-12/h4-8,13,17-18H,9-11H2,1-3H3. The predicted octanol–water partition coefficient (Wildman–Crippen LogP) is 1.78. The lowest BCUT2D eigenvalue weighted by molar-refractivity contribution is -0.00220. The van der Waals surface area contributed by atoms with Crippen molar-refractivity contribution in [3.63, 3.8) is 0 Å². The number of nitrogens with zero attached hydrogens (tertiary/aromatic N) is 1. The maximum absolute atomic E-state index is 12.2. The van der Waals surface area contributed by atoms with E-state index >= 15 is 0 Å². The van der Waals surface area contributed by atoms with Crippen LogP contribution in [0, 0.1) is 0 Å². The number of aliphatic hydroxyl groups excluding tert-OH is 2. The molecule has 0 radical (unpaired) electrons. The van der Waals surface area contributed by atoms with E-state index in [4.69, 9.17) is 4.74 Å². The number of hydrogen-bond donors (Lipinski definition) is 2. The van der Waals surface area contributed by atoms with Gasteiger partial charge < -0.3 is 14.9 Å². The van der Waals surface area contributed by atoms with Gasteiger partial charge in [0, 0.05) is 6.54 Å². The van der Waals surface area contributed by atoms with Gasteiger partial charge in [-0.25, -0.2) is 4.79 Å². The highest BCUT2D eigenvalue weighted by molar-refractivity contribution is 5.68. The van der Waals surface area contributed by atoms with Crippen molar-refractivity contribution >= 4 is 6.09 Å². The highest BCUT2D eigenvalue weighted by Crippen LogP contribution is 2.15. The molecule has 0 unspecified atom stereocenters. The largest absolute Gasteiger partial charge is 0.444 e. The normalized spacial score (nSPS) is 11.5. The molecule has 0 spiro atoms. The average Bonchev–Trinajstić information content (AvgIpc) is 2.38. The van der Waals surface area contributed by atoms with Crippen molar-refractivity contribution in [2.24, 2.45) is 0 Å². The van der Waals surface area contributed by atoms with Crippen LogP contribution < -0.4 is 0 Å². The van der Waals surface area contributed by atoms with Crippen LogP contribution in [0.25, 0.3) is 0 Å². The minimum Gasteiger partial charge on any atom is -0.444 e.